The molecule has 0 rings (SSSR count). The number of carbonyl (C=O) groups excluding carboxylic acids is 1. The van der Waals surface area contributed by atoms with E-state index in [-0.39, 0.29) is 5.17 Å². The van der Waals surface area contributed by atoms with E-state index in [1.807, 2.05) is 0 Å². The lowest BCUT2D eigenvalue weighted by Gasteiger charge is -2.03. The maximum Gasteiger partial charge on any atom is 0.335 e. The quantitative estimate of drug-likeness (QED) is 0.379. The third-order valence-corrected chi connectivity index (χ3v) is 0.491. The Labute approximate surface area is 51.1 Å². The van der Waals surface area contributed by atoms with Crippen molar-refractivity contribution in [1.29, 1.82) is 0 Å². The van der Waals surface area contributed by atoms with E-state index in [0.29, 0.717) is 0 Å². The van der Waals surface area contributed by atoms with Crippen LogP contribution < -0.4 is 0 Å². The minimum Gasteiger partial charge on any atom is -0.289 e. The van der Waals surface area contributed by atoms with E-state index in [2.05, 4.69) is 4.84 Å². The van der Waals surface area contributed by atoms with Crippen LogP contribution in [0.15, 0.2) is 0 Å². The minimum atomic E-state index is -0.846. The number of hydroxylamine groups is 1. The molecule has 6 heteroatoms. The van der Waals surface area contributed by atoms with Crippen molar-refractivity contribution >= 4 is 5.97 Å². The normalized spacial score (nSPS) is 8.22. The van der Waals surface area contributed by atoms with Gasteiger partial charge in [0, 0.05) is 6.92 Å². The monoisotopic (exact) mass is 134 g/mol. The third kappa shape index (κ3) is 3.27. The molecule has 0 aromatic rings. The molecule has 0 heterocycles. The van der Waals surface area contributed by atoms with Crippen molar-refractivity contribution in [2.24, 2.45) is 0 Å². The molecule has 0 saturated carbocycles. The SMILES string of the molecule is CC(=O)ON(C)[N+](=O)[O-]. The molecule has 0 bridgehead atoms. The number of hydrazine groups is 1. The highest BCUT2D eigenvalue weighted by molar-refractivity contribution is 5.65. The van der Waals surface area contributed by atoms with Gasteiger partial charge in [-0.05, 0) is 0 Å². The van der Waals surface area contributed by atoms with Crippen molar-refractivity contribution < 1.29 is 14.7 Å². The van der Waals surface area contributed by atoms with E-state index in [0.717, 1.165) is 14.0 Å². The van der Waals surface area contributed by atoms with Gasteiger partial charge in [-0.2, -0.15) is 0 Å². The van der Waals surface area contributed by atoms with Crippen LogP contribution in [0.2, 0.25) is 0 Å². The summed E-state index contributed by atoms with van der Waals surface area (Å²) in [7, 11) is 1.03. The van der Waals surface area contributed by atoms with Gasteiger partial charge in [0.15, 0.2) is 5.03 Å². The van der Waals surface area contributed by atoms with Gasteiger partial charge in [0.25, 0.3) is 0 Å². The standard InChI is InChI=1S/C3H6N2O4/c1-3(6)9-4(2)5(7)8/h1-2H3. The summed E-state index contributed by atoms with van der Waals surface area (Å²) in [5, 5.41) is 9.08. The van der Waals surface area contributed by atoms with Gasteiger partial charge < -0.3 is 0 Å². The van der Waals surface area contributed by atoms with Crippen LogP contribution in [0.3, 0.4) is 0 Å². The number of carbonyl (C=O) groups is 1. The highest BCUT2D eigenvalue weighted by Crippen LogP contribution is 1.83. The summed E-state index contributed by atoms with van der Waals surface area (Å²) < 4.78 is 0. The van der Waals surface area contributed by atoms with Crippen LogP contribution in [0.25, 0.3) is 0 Å². The van der Waals surface area contributed by atoms with E-state index < -0.39 is 11.0 Å². The molecule has 0 N–H and O–H groups in total. The Kier molecular flexibility index (Phi) is 2.43. The molecule has 0 fully saturated rings. The van der Waals surface area contributed by atoms with Gasteiger partial charge in [0.05, 0.1) is 5.17 Å². The second-order valence-electron chi connectivity index (χ2n) is 1.28. The Bertz CT molecular complexity index is 134. The summed E-state index contributed by atoms with van der Waals surface area (Å²) >= 11 is 0. The Hall–Kier alpha value is -1.33. The fraction of sp³-hybridized carbons (Fsp3) is 0.667. The molecule has 0 radical (unpaired) electrons. The first-order valence-electron chi connectivity index (χ1n) is 2.10. The molecule has 6 nitrogen and oxygen atoms in total. The van der Waals surface area contributed by atoms with Crippen molar-refractivity contribution in [2.45, 2.75) is 6.92 Å². The van der Waals surface area contributed by atoms with Gasteiger partial charge in [-0.25, -0.2) is 14.9 Å². The maximum absolute atomic E-state index is 9.99. The third-order valence-electron chi connectivity index (χ3n) is 0.491. The Balaban J connectivity index is 3.63. The lowest BCUT2D eigenvalue weighted by atomic mass is 10.8. The molecule has 0 aliphatic heterocycles. The average Bonchev–Trinajstić information content (AvgIpc) is 1.63. The summed E-state index contributed by atoms with van der Waals surface area (Å²) in [5.74, 6) is -0.714. The molecule has 0 aliphatic rings. The molecule has 0 aliphatic carbocycles. The van der Waals surface area contributed by atoms with Crippen LogP contribution in [0.4, 0.5) is 0 Å². The summed E-state index contributed by atoms with van der Waals surface area (Å²) in [6.45, 7) is 1.08. The number of rotatable bonds is 2. The molecule has 52 valence electrons. The highest BCUT2D eigenvalue weighted by Gasteiger charge is 2.08. The van der Waals surface area contributed by atoms with Gasteiger partial charge in [-0.3, -0.25) is 4.84 Å². The van der Waals surface area contributed by atoms with Crippen LogP contribution in [0, 0.1) is 10.1 Å². The average molecular weight is 134 g/mol. The first kappa shape index (κ1) is 7.67. The van der Waals surface area contributed by atoms with Gasteiger partial charge in [0.2, 0.25) is 0 Å². The van der Waals surface area contributed by atoms with E-state index in [4.69, 9.17) is 0 Å². The van der Waals surface area contributed by atoms with Gasteiger partial charge in [0.1, 0.15) is 7.05 Å². The molecule has 0 aromatic carbocycles. The topological polar surface area (TPSA) is 72.7 Å². The summed E-state index contributed by atoms with van der Waals surface area (Å²) in [5.41, 5.74) is 0. The van der Waals surface area contributed by atoms with E-state index >= 15 is 0 Å². The summed E-state index contributed by atoms with van der Waals surface area (Å²) in [4.78, 5) is 23.7. The second-order valence-corrected chi connectivity index (χ2v) is 1.28. The molecular formula is C3H6N2O4. The maximum atomic E-state index is 9.99. The van der Waals surface area contributed by atoms with Crippen LogP contribution in [0.5, 0.6) is 0 Å². The Morgan fingerprint density at radius 2 is 2.22 bits per heavy atom. The molecule has 0 atom stereocenters. The Morgan fingerprint density at radius 3 is 2.33 bits per heavy atom. The highest BCUT2D eigenvalue weighted by atomic mass is 16.8. The smallest absolute Gasteiger partial charge is 0.289 e. The minimum absolute atomic E-state index is 0.238. The first-order chi connectivity index (χ1) is 4.04. The molecule has 0 amide bonds. The Morgan fingerprint density at radius 1 is 1.78 bits per heavy atom. The van der Waals surface area contributed by atoms with Crippen molar-refractivity contribution in [2.75, 3.05) is 7.05 Å². The first-order valence-corrected chi connectivity index (χ1v) is 2.10. The van der Waals surface area contributed by atoms with Crippen molar-refractivity contribution in [3.63, 3.8) is 0 Å². The number of nitrogens with zero attached hydrogens (tertiary/aromatic N) is 2. The second kappa shape index (κ2) is 2.85. The zero-order valence-corrected chi connectivity index (χ0v) is 5.03. The van der Waals surface area contributed by atoms with Crippen LogP contribution >= 0.6 is 0 Å². The fourth-order valence-corrected chi connectivity index (χ4v) is 0.219. The van der Waals surface area contributed by atoms with E-state index in [9.17, 15) is 14.9 Å². The predicted molar refractivity (Wildman–Crippen MR) is 26.5 cm³/mol. The lowest BCUT2D eigenvalue weighted by Crippen LogP contribution is -2.27. The molecule has 9 heavy (non-hydrogen) atoms. The number of nitro groups is 1. The van der Waals surface area contributed by atoms with Gasteiger partial charge in [-0.1, -0.05) is 0 Å². The zero-order chi connectivity index (χ0) is 7.44. The molecule has 0 unspecified atom stereocenters. The summed E-state index contributed by atoms with van der Waals surface area (Å²) in [6.07, 6.45) is 0. The molecule has 0 aromatic heterocycles. The predicted octanol–water partition coefficient (Wildman–Crippen LogP) is -0.412. The lowest BCUT2D eigenvalue weighted by molar-refractivity contribution is -0.716. The van der Waals surface area contributed by atoms with E-state index in [1.165, 1.54) is 0 Å². The molecule has 0 spiro atoms. The van der Waals surface area contributed by atoms with Crippen LogP contribution in [-0.4, -0.2) is 23.2 Å². The largest absolute Gasteiger partial charge is 0.335 e. The van der Waals surface area contributed by atoms with Crippen molar-refractivity contribution in [3.8, 4) is 0 Å². The van der Waals surface area contributed by atoms with Crippen LogP contribution in [0.1, 0.15) is 6.92 Å². The van der Waals surface area contributed by atoms with Crippen molar-refractivity contribution in [1.82, 2.24) is 5.17 Å². The number of hydrogen-bond acceptors (Lipinski definition) is 4. The van der Waals surface area contributed by atoms with E-state index in [1.54, 1.807) is 0 Å². The zero-order valence-electron chi connectivity index (χ0n) is 5.03. The number of hydrogen-bond donors (Lipinski definition) is 0. The summed E-state index contributed by atoms with van der Waals surface area (Å²) in [6, 6.07) is 0. The fourth-order valence-electron chi connectivity index (χ4n) is 0.219. The molecule has 0 saturated heterocycles. The van der Waals surface area contributed by atoms with Gasteiger partial charge >= 0.3 is 5.97 Å². The van der Waals surface area contributed by atoms with Crippen molar-refractivity contribution in [3.05, 3.63) is 10.1 Å². The van der Waals surface area contributed by atoms with Gasteiger partial charge in [-0.15, -0.1) is 0 Å². The molecular weight excluding hydrogens is 128 g/mol. The van der Waals surface area contributed by atoms with Crippen LogP contribution in [-0.2, 0) is 9.63 Å².